The van der Waals surface area contributed by atoms with Crippen LogP contribution in [0, 0.1) is 0 Å². The van der Waals surface area contributed by atoms with Crippen molar-refractivity contribution in [2.45, 2.75) is 6.61 Å². The van der Waals surface area contributed by atoms with Gasteiger partial charge >= 0.3 is 0 Å². The maximum Gasteiger partial charge on any atom is 0.150 e. The summed E-state index contributed by atoms with van der Waals surface area (Å²) in [5, 5.41) is 0. The van der Waals surface area contributed by atoms with E-state index in [2.05, 4.69) is 0 Å². The van der Waals surface area contributed by atoms with Crippen LogP contribution in [0.3, 0.4) is 0 Å². The molecule has 0 bridgehead atoms. The number of ether oxygens (including phenoxy) is 1. The van der Waals surface area contributed by atoms with Gasteiger partial charge in [-0.25, -0.2) is 0 Å². The molecule has 0 unspecified atom stereocenters. The minimum Gasteiger partial charge on any atom is -0.486 e. The van der Waals surface area contributed by atoms with Crippen LogP contribution in [0.25, 0.3) is 0 Å². The fourth-order valence-electron chi connectivity index (χ4n) is 1.23. The second-order valence-corrected chi connectivity index (χ2v) is 3.06. The molecule has 0 fully saturated rings. The first kappa shape index (κ1) is 9.52. The molecule has 0 spiro atoms. The number of carbonyl (C=O) groups is 1. The van der Waals surface area contributed by atoms with Gasteiger partial charge in [-0.05, 0) is 24.3 Å². The molecule has 2 aromatic rings. The number of aldehydes is 1. The first-order chi connectivity index (χ1) is 7.38. The summed E-state index contributed by atoms with van der Waals surface area (Å²) in [4.78, 5) is 10.5. The topological polar surface area (TPSA) is 39.4 Å². The molecule has 76 valence electrons. The number of furan rings is 1. The van der Waals surface area contributed by atoms with Crippen LogP contribution in [-0.4, -0.2) is 6.29 Å². The van der Waals surface area contributed by atoms with Gasteiger partial charge in [-0.2, -0.15) is 0 Å². The lowest BCUT2D eigenvalue weighted by molar-refractivity contribution is 0.112. The van der Waals surface area contributed by atoms with E-state index in [9.17, 15) is 4.79 Å². The lowest BCUT2D eigenvalue weighted by Crippen LogP contribution is -1.94. The standard InChI is InChI=1S/C12H10O3/c13-8-10-3-1-4-11(7-10)15-9-12-5-2-6-14-12/h1-8H,9H2. The molecular formula is C12H10O3. The summed E-state index contributed by atoms with van der Waals surface area (Å²) in [7, 11) is 0. The molecule has 0 aliphatic rings. The Morgan fingerprint density at radius 1 is 1.27 bits per heavy atom. The SMILES string of the molecule is O=Cc1cccc(OCc2ccco2)c1. The van der Waals surface area contributed by atoms with Gasteiger partial charge in [0, 0.05) is 5.56 Å². The van der Waals surface area contributed by atoms with Crippen LogP contribution in [0.4, 0.5) is 0 Å². The van der Waals surface area contributed by atoms with Gasteiger partial charge in [-0.1, -0.05) is 12.1 Å². The molecule has 0 aliphatic heterocycles. The van der Waals surface area contributed by atoms with Gasteiger partial charge in [0.15, 0.2) is 0 Å². The third kappa shape index (κ3) is 2.47. The third-order valence-electron chi connectivity index (χ3n) is 1.96. The summed E-state index contributed by atoms with van der Waals surface area (Å²) in [6, 6.07) is 10.6. The normalized spacial score (nSPS) is 9.87. The molecule has 3 heteroatoms. The minimum absolute atomic E-state index is 0.370. The summed E-state index contributed by atoms with van der Waals surface area (Å²) in [5.41, 5.74) is 0.604. The zero-order valence-corrected chi connectivity index (χ0v) is 8.05. The summed E-state index contributed by atoms with van der Waals surface area (Å²) in [6.07, 6.45) is 2.39. The van der Waals surface area contributed by atoms with E-state index >= 15 is 0 Å². The Morgan fingerprint density at radius 2 is 2.20 bits per heavy atom. The molecule has 0 radical (unpaired) electrons. The van der Waals surface area contributed by atoms with Crippen molar-refractivity contribution >= 4 is 6.29 Å². The van der Waals surface area contributed by atoms with E-state index in [0.29, 0.717) is 17.9 Å². The molecule has 0 atom stereocenters. The van der Waals surface area contributed by atoms with Crippen LogP contribution < -0.4 is 4.74 Å². The highest BCUT2D eigenvalue weighted by molar-refractivity contribution is 5.75. The lowest BCUT2D eigenvalue weighted by atomic mass is 10.2. The summed E-state index contributed by atoms with van der Waals surface area (Å²) < 4.78 is 10.6. The van der Waals surface area contributed by atoms with Crippen LogP contribution in [0.15, 0.2) is 47.1 Å². The molecule has 1 aromatic carbocycles. The zero-order chi connectivity index (χ0) is 10.5. The van der Waals surface area contributed by atoms with E-state index in [1.807, 2.05) is 6.07 Å². The minimum atomic E-state index is 0.370. The molecule has 0 saturated carbocycles. The Balaban J connectivity index is 2.01. The van der Waals surface area contributed by atoms with E-state index in [-0.39, 0.29) is 0 Å². The van der Waals surface area contributed by atoms with Crippen molar-refractivity contribution in [1.82, 2.24) is 0 Å². The first-order valence-electron chi connectivity index (χ1n) is 4.59. The van der Waals surface area contributed by atoms with Crippen molar-refractivity contribution in [3.05, 3.63) is 54.0 Å². The molecule has 0 amide bonds. The maximum absolute atomic E-state index is 10.5. The summed E-state index contributed by atoms with van der Waals surface area (Å²) >= 11 is 0. The van der Waals surface area contributed by atoms with Crippen LogP contribution in [0.5, 0.6) is 5.75 Å². The molecule has 3 nitrogen and oxygen atoms in total. The monoisotopic (exact) mass is 202 g/mol. The van der Waals surface area contributed by atoms with Crippen molar-refractivity contribution in [2.75, 3.05) is 0 Å². The van der Waals surface area contributed by atoms with Crippen molar-refractivity contribution in [2.24, 2.45) is 0 Å². The predicted octanol–water partition coefficient (Wildman–Crippen LogP) is 2.67. The van der Waals surface area contributed by atoms with Crippen molar-refractivity contribution in [3.8, 4) is 5.75 Å². The zero-order valence-electron chi connectivity index (χ0n) is 8.05. The average Bonchev–Trinajstić information content (AvgIpc) is 2.79. The van der Waals surface area contributed by atoms with Gasteiger partial charge in [-0.3, -0.25) is 4.79 Å². The summed E-state index contributed by atoms with van der Waals surface area (Å²) in [6.45, 7) is 0.370. The molecule has 15 heavy (non-hydrogen) atoms. The second kappa shape index (κ2) is 4.46. The van der Waals surface area contributed by atoms with Gasteiger partial charge in [0.1, 0.15) is 24.4 Å². The van der Waals surface area contributed by atoms with E-state index < -0.39 is 0 Å². The molecule has 0 N–H and O–H groups in total. The highest BCUT2D eigenvalue weighted by atomic mass is 16.5. The van der Waals surface area contributed by atoms with Crippen molar-refractivity contribution < 1.29 is 13.9 Å². The fraction of sp³-hybridized carbons (Fsp3) is 0.0833. The molecule has 2 rings (SSSR count). The van der Waals surface area contributed by atoms with Gasteiger partial charge in [0.05, 0.1) is 6.26 Å². The van der Waals surface area contributed by atoms with E-state index in [4.69, 9.17) is 9.15 Å². The number of carbonyl (C=O) groups excluding carboxylic acids is 1. The van der Waals surface area contributed by atoms with Gasteiger partial charge in [0.2, 0.25) is 0 Å². The highest BCUT2D eigenvalue weighted by Gasteiger charge is 1.98. The Labute approximate surface area is 87.3 Å². The Morgan fingerprint density at radius 3 is 2.93 bits per heavy atom. The van der Waals surface area contributed by atoms with Crippen LogP contribution in [0.1, 0.15) is 16.1 Å². The second-order valence-electron chi connectivity index (χ2n) is 3.06. The van der Waals surface area contributed by atoms with E-state index in [0.717, 1.165) is 12.0 Å². The molecular weight excluding hydrogens is 192 g/mol. The van der Waals surface area contributed by atoms with Gasteiger partial charge in [0.25, 0.3) is 0 Å². The van der Waals surface area contributed by atoms with E-state index in [1.54, 1.807) is 36.6 Å². The van der Waals surface area contributed by atoms with E-state index in [1.165, 1.54) is 0 Å². The number of rotatable bonds is 4. The van der Waals surface area contributed by atoms with Crippen LogP contribution in [-0.2, 0) is 6.61 Å². The summed E-state index contributed by atoms with van der Waals surface area (Å²) in [5.74, 6) is 1.42. The lowest BCUT2D eigenvalue weighted by Gasteiger charge is -2.03. The maximum atomic E-state index is 10.5. The van der Waals surface area contributed by atoms with Crippen molar-refractivity contribution in [1.29, 1.82) is 0 Å². The average molecular weight is 202 g/mol. The predicted molar refractivity (Wildman–Crippen MR) is 54.9 cm³/mol. The van der Waals surface area contributed by atoms with Crippen LogP contribution >= 0.6 is 0 Å². The molecule has 0 aliphatic carbocycles. The Kier molecular flexibility index (Phi) is 2.83. The number of hydrogen-bond acceptors (Lipinski definition) is 3. The fourth-order valence-corrected chi connectivity index (χ4v) is 1.23. The Hall–Kier alpha value is -2.03. The van der Waals surface area contributed by atoms with Crippen LogP contribution in [0.2, 0.25) is 0 Å². The quantitative estimate of drug-likeness (QED) is 0.715. The number of hydrogen-bond donors (Lipinski definition) is 0. The Bertz CT molecular complexity index is 432. The molecule has 1 aromatic heterocycles. The van der Waals surface area contributed by atoms with Gasteiger partial charge < -0.3 is 9.15 Å². The smallest absolute Gasteiger partial charge is 0.150 e. The van der Waals surface area contributed by atoms with Crippen molar-refractivity contribution in [3.63, 3.8) is 0 Å². The first-order valence-corrected chi connectivity index (χ1v) is 4.59. The number of benzene rings is 1. The molecule has 0 saturated heterocycles. The third-order valence-corrected chi connectivity index (χ3v) is 1.96. The largest absolute Gasteiger partial charge is 0.486 e. The van der Waals surface area contributed by atoms with Gasteiger partial charge in [-0.15, -0.1) is 0 Å². The molecule has 1 heterocycles. The highest BCUT2D eigenvalue weighted by Crippen LogP contribution is 2.14.